The van der Waals surface area contributed by atoms with E-state index in [4.69, 9.17) is 10.5 Å². The fourth-order valence-corrected chi connectivity index (χ4v) is 2.02. The molecule has 0 saturated carbocycles. The summed E-state index contributed by atoms with van der Waals surface area (Å²) in [5.41, 5.74) is 4.56. The van der Waals surface area contributed by atoms with Crippen LogP contribution in [0.5, 0.6) is 0 Å². The Balaban J connectivity index is 2.81. The average molecular weight is 291 g/mol. The summed E-state index contributed by atoms with van der Waals surface area (Å²) < 4.78 is 5.50. The molecule has 0 aliphatic heterocycles. The van der Waals surface area contributed by atoms with Gasteiger partial charge in [0.15, 0.2) is 0 Å². The Bertz CT molecular complexity index is 810. The van der Waals surface area contributed by atoms with Gasteiger partial charge in [0.05, 0.1) is 22.3 Å². The smallest absolute Gasteiger partial charge is 0.346 e. The first-order valence-corrected chi connectivity index (χ1v) is 6.14. The standard InChI is InChI=1S/C13H13N3O5/c1-3-21-13(18)8-4-5-9-10(6-8)16(20)11(12(14)17)7(2)15(9)19/h4-6H,3H2,1-2H3,(H2,14,17). The van der Waals surface area contributed by atoms with E-state index < -0.39 is 17.6 Å². The molecule has 0 fully saturated rings. The predicted molar refractivity (Wildman–Crippen MR) is 73.3 cm³/mol. The molecule has 0 bridgehead atoms. The number of fused-ring (bicyclic) bond motifs is 1. The first kappa shape index (κ1) is 14.5. The lowest BCUT2D eigenvalue weighted by Gasteiger charge is -2.15. The van der Waals surface area contributed by atoms with E-state index in [1.54, 1.807) is 6.92 Å². The Hall–Kier alpha value is -2.90. The van der Waals surface area contributed by atoms with Gasteiger partial charge in [0, 0.05) is 11.0 Å². The number of carbonyl (C=O) groups excluding carboxylic acids is 2. The highest BCUT2D eigenvalue weighted by Gasteiger charge is 2.25. The lowest BCUT2D eigenvalue weighted by atomic mass is 10.1. The predicted octanol–water partition coefficient (Wildman–Crippen LogP) is 0.486. The normalized spacial score (nSPS) is 10.6. The van der Waals surface area contributed by atoms with Crippen LogP contribution in [0.25, 0.3) is 11.0 Å². The van der Waals surface area contributed by atoms with E-state index in [1.807, 2.05) is 0 Å². The van der Waals surface area contributed by atoms with E-state index in [9.17, 15) is 19.7 Å². The van der Waals surface area contributed by atoms with Crippen LogP contribution in [0.4, 0.5) is 0 Å². The summed E-state index contributed by atoms with van der Waals surface area (Å²) in [4.78, 5) is 35.2. The van der Waals surface area contributed by atoms with Crippen molar-refractivity contribution in [1.82, 2.24) is 4.73 Å². The molecule has 0 atom stereocenters. The molecule has 2 rings (SSSR count). The molecule has 21 heavy (non-hydrogen) atoms. The number of aromatic nitrogens is 2. The van der Waals surface area contributed by atoms with Crippen molar-refractivity contribution in [3.63, 3.8) is 0 Å². The average Bonchev–Trinajstić information content (AvgIpc) is 2.44. The van der Waals surface area contributed by atoms with Crippen LogP contribution in [0.15, 0.2) is 18.2 Å². The monoisotopic (exact) mass is 291 g/mol. The molecule has 2 N–H and O–H groups in total. The fraction of sp³-hybridized carbons (Fsp3) is 0.231. The molecule has 8 heteroatoms. The zero-order valence-electron chi connectivity index (χ0n) is 11.5. The maximum Gasteiger partial charge on any atom is 0.346 e. The number of hydrogen-bond donors (Lipinski definition) is 1. The molecule has 2 aromatic rings. The lowest BCUT2D eigenvalue weighted by molar-refractivity contribution is -0.468. The number of nitrogens with zero attached hydrogens (tertiary/aromatic N) is 2. The molecule has 0 aliphatic rings. The molecular formula is C13H13N3O5. The molecule has 8 nitrogen and oxygen atoms in total. The van der Waals surface area contributed by atoms with Crippen molar-refractivity contribution in [2.75, 3.05) is 6.61 Å². The number of rotatable bonds is 3. The second-order valence-electron chi connectivity index (χ2n) is 4.31. The minimum Gasteiger partial charge on any atom is -0.805 e. The number of esters is 1. The van der Waals surface area contributed by atoms with E-state index >= 15 is 0 Å². The largest absolute Gasteiger partial charge is 0.805 e. The Labute approximate surface area is 118 Å². The van der Waals surface area contributed by atoms with Gasteiger partial charge < -0.3 is 20.4 Å². The third-order valence-corrected chi connectivity index (χ3v) is 3.01. The Kier molecular flexibility index (Phi) is 3.62. The number of amides is 1. The summed E-state index contributed by atoms with van der Waals surface area (Å²) in [6.45, 7) is 3.14. The van der Waals surface area contributed by atoms with Crippen LogP contribution in [0.2, 0.25) is 0 Å². The fourth-order valence-electron chi connectivity index (χ4n) is 2.02. The second kappa shape index (κ2) is 5.23. The minimum absolute atomic E-state index is 0.0283. The summed E-state index contributed by atoms with van der Waals surface area (Å²) in [5, 5.41) is 12.1. The molecule has 1 aromatic carbocycles. The topological polar surface area (TPSA) is 120 Å². The summed E-state index contributed by atoms with van der Waals surface area (Å²) in [7, 11) is 0. The van der Waals surface area contributed by atoms with E-state index in [0.29, 0.717) is 4.73 Å². The summed E-state index contributed by atoms with van der Waals surface area (Å²) >= 11 is 0. The van der Waals surface area contributed by atoms with Crippen LogP contribution in [0, 0.1) is 17.0 Å². The highest BCUT2D eigenvalue weighted by atomic mass is 16.5. The van der Waals surface area contributed by atoms with Crippen molar-refractivity contribution in [3.05, 3.63) is 45.3 Å². The SMILES string of the molecule is CCOC(=O)c1ccc2c(c1)[n+](=O)c(C(N)=O)c(C)n2[O-]. The van der Waals surface area contributed by atoms with Gasteiger partial charge in [0.25, 0.3) is 5.52 Å². The van der Waals surface area contributed by atoms with Crippen LogP contribution in [-0.4, -0.2) is 23.2 Å². The van der Waals surface area contributed by atoms with Gasteiger partial charge in [-0.25, -0.2) is 4.79 Å². The molecular weight excluding hydrogens is 278 g/mol. The van der Waals surface area contributed by atoms with Crippen molar-refractivity contribution in [2.24, 2.45) is 5.73 Å². The molecule has 0 unspecified atom stereocenters. The Morgan fingerprint density at radius 1 is 1.43 bits per heavy atom. The quantitative estimate of drug-likeness (QED) is 0.651. The van der Waals surface area contributed by atoms with E-state index in [0.717, 1.165) is 0 Å². The van der Waals surface area contributed by atoms with Crippen molar-refractivity contribution >= 4 is 22.9 Å². The van der Waals surface area contributed by atoms with Crippen molar-refractivity contribution in [3.8, 4) is 0 Å². The maximum atomic E-state index is 12.2. The first-order chi connectivity index (χ1) is 9.88. The molecule has 0 aliphatic carbocycles. The van der Waals surface area contributed by atoms with Crippen molar-refractivity contribution in [2.45, 2.75) is 13.8 Å². The number of nitrogens with two attached hydrogens (primary N) is 1. The Morgan fingerprint density at radius 2 is 2.10 bits per heavy atom. The molecule has 1 heterocycles. The van der Waals surface area contributed by atoms with E-state index in [1.165, 1.54) is 25.1 Å². The molecule has 1 aromatic heterocycles. The lowest BCUT2D eigenvalue weighted by Crippen LogP contribution is -2.33. The van der Waals surface area contributed by atoms with Crippen molar-refractivity contribution in [1.29, 1.82) is 0 Å². The third kappa shape index (κ3) is 2.31. The van der Waals surface area contributed by atoms with Gasteiger partial charge in [0.1, 0.15) is 5.52 Å². The van der Waals surface area contributed by atoms with Gasteiger partial charge in [-0.05, 0) is 26.0 Å². The zero-order chi connectivity index (χ0) is 15.7. The van der Waals surface area contributed by atoms with Gasteiger partial charge in [-0.1, -0.05) is 0 Å². The maximum absolute atomic E-state index is 12.2. The molecule has 0 spiro atoms. The van der Waals surface area contributed by atoms with Gasteiger partial charge in [-0.15, -0.1) is 0 Å². The van der Waals surface area contributed by atoms with E-state index in [-0.39, 0.29) is 33.3 Å². The summed E-state index contributed by atoms with van der Waals surface area (Å²) in [5.74, 6) is -1.64. The first-order valence-electron chi connectivity index (χ1n) is 6.14. The minimum atomic E-state index is -1.02. The molecule has 0 saturated heterocycles. The van der Waals surface area contributed by atoms with Gasteiger partial charge in [-0.2, -0.15) is 0 Å². The van der Waals surface area contributed by atoms with Crippen LogP contribution >= 0.6 is 0 Å². The number of benzene rings is 1. The van der Waals surface area contributed by atoms with Crippen LogP contribution in [-0.2, 0) is 4.74 Å². The van der Waals surface area contributed by atoms with Gasteiger partial charge in [-0.3, -0.25) is 4.79 Å². The highest BCUT2D eigenvalue weighted by molar-refractivity contribution is 5.94. The Morgan fingerprint density at radius 3 is 2.67 bits per heavy atom. The molecule has 110 valence electrons. The second-order valence-corrected chi connectivity index (χ2v) is 4.31. The number of ether oxygens (including phenoxy) is 1. The highest BCUT2D eigenvalue weighted by Crippen LogP contribution is 2.16. The van der Waals surface area contributed by atoms with E-state index in [2.05, 4.69) is 0 Å². The zero-order valence-corrected chi connectivity index (χ0v) is 11.5. The number of carbonyl (C=O) groups is 2. The number of primary amides is 1. The molecule has 0 radical (unpaired) electrons. The van der Waals surface area contributed by atoms with Crippen LogP contribution < -0.4 is 10.2 Å². The molecule has 1 amide bonds. The summed E-state index contributed by atoms with van der Waals surface area (Å²) in [6, 6.07) is 3.89. The van der Waals surface area contributed by atoms with Crippen LogP contribution in [0.3, 0.4) is 0 Å². The van der Waals surface area contributed by atoms with Crippen molar-refractivity contribution < 1.29 is 18.8 Å². The summed E-state index contributed by atoms with van der Waals surface area (Å²) in [6.07, 6.45) is 0. The van der Waals surface area contributed by atoms with Gasteiger partial charge >= 0.3 is 17.6 Å². The third-order valence-electron chi connectivity index (χ3n) is 3.01. The van der Waals surface area contributed by atoms with Gasteiger partial charge in [0.2, 0.25) is 0 Å². The van der Waals surface area contributed by atoms with Crippen LogP contribution in [0.1, 0.15) is 33.5 Å². The number of hydrogen-bond acceptors (Lipinski definition) is 5.